The van der Waals surface area contributed by atoms with Crippen LogP contribution in [-0.4, -0.2) is 39.6 Å². The van der Waals surface area contributed by atoms with Gasteiger partial charge in [-0.05, 0) is 55.2 Å². The predicted molar refractivity (Wildman–Crippen MR) is 116 cm³/mol. The number of aliphatic imine (C=N–C) groups is 1. The van der Waals surface area contributed by atoms with Crippen molar-refractivity contribution in [2.45, 2.75) is 13.2 Å². The van der Waals surface area contributed by atoms with E-state index in [1.54, 1.807) is 6.33 Å². The van der Waals surface area contributed by atoms with Crippen molar-refractivity contribution in [2.75, 3.05) is 13.6 Å². The van der Waals surface area contributed by atoms with E-state index in [0.717, 1.165) is 30.0 Å². The number of fused-ring (bicyclic) bond motifs is 1. The summed E-state index contributed by atoms with van der Waals surface area (Å²) in [6.45, 7) is 5.65. The van der Waals surface area contributed by atoms with E-state index in [2.05, 4.69) is 62.3 Å². The van der Waals surface area contributed by atoms with Gasteiger partial charge >= 0.3 is 0 Å². The molecule has 4 aromatic rings. The molecule has 0 atom stereocenters. The van der Waals surface area contributed by atoms with Gasteiger partial charge in [0.1, 0.15) is 24.4 Å². The minimum atomic E-state index is 0.321. The third-order valence-corrected chi connectivity index (χ3v) is 5.00. The highest BCUT2D eigenvalue weighted by Crippen LogP contribution is 2.34. The molecule has 29 heavy (non-hydrogen) atoms. The Morgan fingerprint density at radius 3 is 2.79 bits per heavy atom. The Bertz CT molecular complexity index is 1140. The second-order valence-corrected chi connectivity index (χ2v) is 6.87. The maximum Gasteiger partial charge on any atom is 0.170 e. The number of hydrogen-bond donors (Lipinski definition) is 1. The molecule has 0 amide bonds. The summed E-state index contributed by atoms with van der Waals surface area (Å²) in [5, 5.41) is 12.5. The average Bonchev–Trinajstić information content (AvgIpc) is 3.36. The Kier molecular flexibility index (Phi) is 5.39. The first-order valence-electron chi connectivity index (χ1n) is 9.50. The molecule has 4 rings (SSSR count). The van der Waals surface area contributed by atoms with Crippen LogP contribution in [0.2, 0.25) is 0 Å². The lowest BCUT2D eigenvalue weighted by atomic mass is 10.0. The third-order valence-electron chi connectivity index (χ3n) is 5.00. The van der Waals surface area contributed by atoms with Crippen LogP contribution in [0.1, 0.15) is 5.82 Å². The molecule has 0 fully saturated rings. The minimum absolute atomic E-state index is 0.321. The zero-order valence-electron chi connectivity index (χ0n) is 16.7. The highest BCUT2D eigenvalue weighted by molar-refractivity contribution is 5.86. The fourth-order valence-electron chi connectivity index (χ4n) is 3.36. The quantitative estimate of drug-likeness (QED) is 0.469. The second-order valence-electron chi connectivity index (χ2n) is 6.87. The number of aromatic nitrogens is 4. The largest absolute Gasteiger partial charge is 0.483 e. The van der Waals surface area contributed by atoms with Gasteiger partial charge in [-0.1, -0.05) is 12.1 Å². The molecule has 2 heterocycles. The van der Waals surface area contributed by atoms with Crippen molar-refractivity contribution >= 4 is 23.3 Å². The number of benzene rings is 2. The van der Waals surface area contributed by atoms with Gasteiger partial charge in [0.05, 0.1) is 0 Å². The maximum atomic E-state index is 5.98. The van der Waals surface area contributed by atoms with E-state index in [4.69, 9.17) is 4.74 Å². The van der Waals surface area contributed by atoms with Crippen LogP contribution < -0.4 is 10.1 Å². The van der Waals surface area contributed by atoms with Crippen LogP contribution in [0.4, 0.5) is 5.69 Å². The van der Waals surface area contributed by atoms with Crippen molar-refractivity contribution in [1.29, 1.82) is 0 Å². The van der Waals surface area contributed by atoms with Gasteiger partial charge in [-0.15, -0.1) is 10.2 Å². The SMILES string of the molecule is C=Nc1cc(-c2ccc3c(ccn3C)c2)ccc1OCc1nncn1CCNC. The van der Waals surface area contributed by atoms with Crippen LogP contribution >= 0.6 is 0 Å². The molecule has 7 nitrogen and oxygen atoms in total. The number of aryl methyl sites for hydroxylation is 1. The molecule has 0 saturated heterocycles. The molecule has 0 aliphatic carbocycles. The number of nitrogens with one attached hydrogen (secondary N) is 1. The molecule has 2 aromatic carbocycles. The van der Waals surface area contributed by atoms with Gasteiger partial charge in [0.15, 0.2) is 5.82 Å². The van der Waals surface area contributed by atoms with Crippen LogP contribution in [-0.2, 0) is 20.2 Å². The summed E-state index contributed by atoms with van der Waals surface area (Å²) in [6.07, 6.45) is 3.78. The second kappa shape index (κ2) is 8.28. The molecular formula is C22H24N6O. The first-order valence-corrected chi connectivity index (χ1v) is 9.50. The predicted octanol–water partition coefficient (Wildman–Crippen LogP) is 3.57. The third kappa shape index (κ3) is 3.90. The molecule has 148 valence electrons. The number of likely N-dealkylation sites (N-methyl/N-ethyl adjacent to an activating group) is 1. The lowest BCUT2D eigenvalue weighted by Gasteiger charge is -2.11. The van der Waals surface area contributed by atoms with Gasteiger partial charge in [-0.25, -0.2) is 0 Å². The van der Waals surface area contributed by atoms with Crippen LogP contribution in [0, 0.1) is 0 Å². The molecular weight excluding hydrogens is 364 g/mol. The van der Waals surface area contributed by atoms with E-state index >= 15 is 0 Å². The fourth-order valence-corrected chi connectivity index (χ4v) is 3.36. The molecule has 1 N–H and O–H groups in total. The van der Waals surface area contributed by atoms with Gasteiger partial charge in [-0.2, -0.15) is 0 Å². The van der Waals surface area contributed by atoms with Crippen molar-refractivity contribution < 1.29 is 4.74 Å². The molecule has 0 unspecified atom stereocenters. The van der Waals surface area contributed by atoms with Crippen LogP contribution in [0.5, 0.6) is 5.75 Å². The Morgan fingerprint density at radius 2 is 1.97 bits per heavy atom. The summed E-state index contributed by atoms with van der Waals surface area (Å²) in [4.78, 5) is 4.16. The molecule has 0 radical (unpaired) electrons. The van der Waals surface area contributed by atoms with E-state index in [1.807, 2.05) is 36.9 Å². The maximum absolute atomic E-state index is 5.98. The first kappa shape index (κ1) is 18.9. The van der Waals surface area contributed by atoms with E-state index in [1.165, 1.54) is 10.9 Å². The number of hydrogen-bond acceptors (Lipinski definition) is 5. The van der Waals surface area contributed by atoms with E-state index in [0.29, 0.717) is 18.0 Å². The minimum Gasteiger partial charge on any atom is -0.483 e. The van der Waals surface area contributed by atoms with Crippen LogP contribution in [0.3, 0.4) is 0 Å². The van der Waals surface area contributed by atoms with E-state index in [9.17, 15) is 0 Å². The van der Waals surface area contributed by atoms with E-state index < -0.39 is 0 Å². The summed E-state index contributed by atoms with van der Waals surface area (Å²) >= 11 is 0. The van der Waals surface area contributed by atoms with Gasteiger partial charge in [0.2, 0.25) is 0 Å². The monoisotopic (exact) mass is 388 g/mol. The van der Waals surface area contributed by atoms with Crippen LogP contribution in [0.15, 0.2) is 60.0 Å². The summed E-state index contributed by atoms with van der Waals surface area (Å²) in [7, 11) is 3.97. The lowest BCUT2D eigenvalue weighted by Crippen LogP contribution is -2.17. The van der Waals surface area contributed by atoms with Crippen LogP contribution in [0.25, 0.3) is 22.0 Å². The molecule has 2 aromatic heterocycles. The average molecular weight is 388 g/mol. The highest BCUT2D eigenvalue weighted by Gasteiger charge is 2.10. The Morgan fingerprint density at radius 1 is 1.14 bits per heavy atom. The Balaban J connectivity index is 1.55. The van der Waals surface area contributed by atoms with Crippen molar-refractivity contribution in [3.05, 3.63) is 60.8 Å². The lowest BCUT2D eigenvalue weighted by molar-refractivity contribution is 0.290. The number of ether oxygens (including phenoxy) is 1. The van der Waals surface area contributed by atoms with Crippen molar-refractivity contribution in [3.63, 3.8) is 0 Å². The Hall–Kier alpha value is -3.45. The summed E-state index contributed by atoms with van der Waals surface area (Å²) < 4.78 is 10.1. The highest BCUT2D eigenvalue weighted by atomic mass is 16.5. The van der Waals surface area contributed by atoms with Gasteiger partial charge < -0.3 is 19.2 Å². The van der Waals surface area contributed by atoms with Crippen molar-refractivity contribution in [2.24, 2.45) is 12.0 Å². The molecule has 0 spiro atoms. The topological polar surface area (TPSA) is 69.3 Å². The summed E-state index contributed by atoms with van der Waals surface area (Å²) in [5.74, 6) is 1.45. The standard InChI is InChI=1S/C22H24N6O/c1-23-9-11-28-15-25-26-22(28)14-29-21-7-5-17(13-19(21)24-2)16-4-6-20-18(12-16)8-10-27(20)3/h4-8,10,12-13,15,23H,2,9,11,14H2,1,3H3. The molecule has 0 bridgehead atoms. The number of nitrogens with zero attached hydrogens (tertiary/aromatic N) is 5. The smallest absolute Gasteiger partial charge is 0.170 e. The molecule has 7 heteroatoms. The zero-order valence-corrected chi connectivity index (χ0v) is 16.7. The number of rotatable bonds is 8. The van der Waals surface area contributed by atoms with Crippen molar-refractivity contribution in [1.82, 2.24) is 24.6 Å². The summed E-state index contributed by atoms with van der Waals surface area (Å²) in [6, 6.07) is 14.5. The molecule has 0 aliphatic rings. The zero-order chi connectivity index (χ0) is 20.2. The molecule has 0 saturated carbocycles. The summed E-state index contributed by atoms with van der Waals surface area (Å²) in [5.41, 5.74) is 4.12. The van der Waals surface area contributed by atoms with E-state index in [-0.39, 0.29) is 0 Å². The van der Waals surface area contributed by atoms with Gasteiger partial charge in [0.25, 0.3) is 0 Å². The normalized spacial score (nSPS) is 11.1. The molecule has 0 aliphatic heterocycles. The van der Waals surface area contributed by atoms with Gasteiger partial charge in [-0.3, -0.25) is 4.99 Å². The Labute approximate surface area is 169 Å². The van der Waals surface area contributed by atoms with Crippen molar-refractivity contribution in [3.8, 4) is 16.9 Å². The fraction of sp³-hybridized carbons (Fsp3) is 0.227. The van der Waals surface area contributed by atoms with Gasteiger partial charge in [0, 0.05) is 37.2 Å². The first-order chi connectivity index (χ1) is 14.2.